The van der Waals surface area contributed by atoms with Crippen molar-refractivity contribution in [3.63, 3.8) is 0 Å². The van der Waals surface area contributed by atoms with Crippen LogP contribution in [-0.2, 0) is 0 Å². The van der Waals surface area contributed by atoms with Gasteiger partial charge in [-0.25, -0.2) is 0 Å². The molecular formula is C22H19N. The minimum absolute atomic E-state index is 1.21. The zero-order chi connectivity index (χ0) is 15.8. The van der Waals surface area contributed by atoms with E-state index < -0.39 is 0 Å². The third kappa shape index (κ3) is 2.44. The highest BCUT2D eigenvalue weighted by Gasteiger charge is 2.09. The Kier molecular flexibility index (Phi) is 3.27. The van der Waals surface area contributed by atoms with E-state index in [0.29, 0.717) is 0 Å². The Labute approximate surface area is 136 Å². The zero-order valence-corrected chi connectivity index (χ0v) is 13.5. The highest BCUT2D eigenvalue weighted by molar-refractivity contribution is 5.90. The van der Waals surface area contributed by atoms with Crippen LogP contribution in [0, 0.1) is 6.92 Å². The molecule has 1 nitrogen and oxygen atoms in total. The van der Waals surface area contributed by atoms with Gasteiger partial charge in [0.1, 0.15) is 0 Å². The molecule has 4 rings (SSSR count). The van der Waals surface area contributed by atoms with Crippen molar-refractivity contribution in [2.45, 2.75) is 6.92 Å². The Balaban J connectivity index is 1.83. The molecule has 23 heavy (non-hydrogen) atoms. The van der Waals surface area contributed by atoms with E-state index in [1.807, 2.05) is 0 Å². The van der Waals surface area contributed by atoms with Gasteiger partial charge < -0.3 is 4.90 Å². The topological polar surface area (TPSA) is 3.24 Å². The number of benzene rings is 4. The van der Waals surface area contributed by atoms with Crippen LogP contribution in [0.1, 0.15) is 5.56 Å². The van der Waals surface area contributed by atoms with Crippen molar-refractivity contribution in [1.29, 1.82) is 0 Å². The van der Waals surface area contributed by atoms with Crippen molar-refractivity contribution in [2.75, 3.05) is 11.9 Å². The van der Waals surface area contributed by atoms with Crippen LogP contribution in [0.5, 0.6) is 0 Å². The van der Waals surface area contributed by atoms with Gasteiger partial charge in [-0.1, -0.05) is 54.6 Å². The first-order valence-corrected chi connectivity index (χ1v) is 7.94. The molecule has 0 aromatic heterocycles. The second kappa shape index (κ2) is 5.44. The van der Waals surface area contributed by atoms with Gasteiger partial charge in [-0.2, -0.15) is 0 Å². The van der Waals surface area contributed by atoms with Crippen LogP contribution in [0.3, 0.4) is 0 Å². The van der Waals surface area contributed by atoms with Gasteiger partial charge in [0.05, 0.1) is 0 Å². The maximum Gasteiger partial charge on any atom is 0.0444 e. The molecule has 0 spiro atoms. The summed E-state index contributed by atoms with van der Waals surface area (Å²) in [6, 6.07) is 28.2. The maximum absolute atomic E-state index is 2.28. The van der Waals surface area contributed by atoms with E-state index in [2.05, 4.69) is 97.7 Å². The van der Waals surface area contributed by atoms with Gasteiger partial charge in [0.2, 0.25) is 0 Å². The van der Waals surface area contributed by atoms with Gasteiger partial charge in [0.15, 0.2) is 0 Å². The van der Waals surface area contributed by atoms with Crippen LogP contribution in [0.15, 0.2) is 78.9 Å². The molecule has 0 radical (unpaired) electrons. The Hall–Kier alpha value is -2.80. The fourth-order valence-electron chi connectivity index (χ4n) is 3.23. The van der Waals surface area contributed by atoms with Crippen molar-refractivity contribution >= 4 is 32.9 Å². The molecule has 0 heterocycles. The smallest absolute Gasteiger partial charge is 0.0444 e. The number of hydrogen-bond donors (Lipinski definition) is 0. The summed E-state index contributed by atoms with van der Waals surface area (Å²) in [5.41, 5.74) is 3.75. The molecule has 0 fully saturated rings. The molecular weight excluding hydrogens is 278 g/mol. The molecule has 0 amide bonds. The van der Waals surface area contributed by atoms with Gasteiger partial charge in [-0.05, 0) is 58.3 Å². The SMILES string of the molecule is Cc1cc2ccccc2cc1N(C)c1ccc2ccccc2c1. The lowest BCUT2D eigenvalue weighted by molar-refractivity contribution is 1.19. The zero-order valence-electron chi connectivity index (χ0n) is 13.5. The molecule has 0 N–H and O–H groups in total. The van der Waals surface area contributed by atoms with E-state index in [9.17, 15) is 0 Å². The first-order chi connectivity index (χ1) is 11.2. The minimum atomic E-state index is 1.21. The van der Waals surface area contributed by atoms with Gasteiger partial charge in [-0.15, -0.1) is 0 Å². The van der Waals surface area contributed by atoms with Gasteiger partial charge in [0, 0.05) is 18.4 Å². The fraction of sp³-hybridized carbons (Fsp3) is 0.0909. The quantitative estimate of drug-likeness (QED) is 0.434. The van der Waals surface area contributed by atoms with Crippen LogP contribution >= 0.6 is 0 Å². The largest absolute Gasteiger partial charge is 0.344 e. The second-order valence-corrected chi connectivity index (χ2v) is 6.08. The van der Waals surface area contributed by atoms with E-state index in [4.69, 9.17) is 0 Å². The van der Waals surface area contributed by atoms with Crippen LogP contribution in [0.4, 0.5) is 11.4 Å². The van der Waals surface area contributed by atoms with Crippen molar-refractivity contribution in [3.8, 4) is 0 Å². The molecule has 0 aliphatic heterocycles. The molecule has 0 atom stereocenters. The second-order valence-electron chi connectivity index (χ2n) is 6.08. The molecule has 0 saturated carbocycles. The van der Waals surface area contributed by atoms with Gasteiger partial charge in [0.25, 0.3) is 0 Å². The lowest BCUT2D eigenvalue weighted by Gasteiger charge is -2.23. The van der Waals surface area contributed by atoms with E-state index in [1.54, 1.807) is 0 Å². The van der Waals surface area contributed by atoms with Gasteiger partial charge in [-0.3, -0.25) is 0 Å². The minimum Gasteiger partial charge on any atom is -0.344 e. The number of aryl methyl sites for hydroxylation is 1. The van der Waals surface area contributed by atoms with Crippen molar-refractivity contribution < 1.29 is 0 Å². The number of hydrogen-bond acceptors (Lipinski definition) is 1. The summed E-state index contributed by atoms with van der Waals surface area (Å²) in [5, 5.41) is 5.12. The lowest BCUT2D eigenvalue weighted by atomic mass is 10.0. The summed E-state index contributed by atoms with van der Waals surface area (Å²) in [5.74, 6) is 0. The molecule has 4 aromatic rings. The lowest BCUT2D eigenvalue weighted by Crippen LogP contribution is -2.10. The number of fused-ring (bicyclic) bond motifs is 2. The van der Waals surface area contributed by atoms with Crippen LogP contribution in [0.2, 0.25) is 0 Å². The average molecular weight is 297 g/mol. The van der Waals surface area contributed by atoms with Crippen LogP contribution < -0.4 is 4.90 Å². The number of anilines is 2. The molecule has 4 aromatic carbocycles. The van der Waals surface area contributed by atoms with Crippen molar-refractivity contribution in [3.05, 3.63) is 84.4 Å². The monoisotopic (exact) mass is 297 g/mol. The molecule has 0 saturated heterocycles. The van der Waals surface area contributed by atoms with E-state index >= 15 is 0 Å². The first-order valence-electron chi connectivity index (χ1n) is 7.94. The Morgan fingerprint density at radius 1 is 0.609 bits per heavy atom. The number of rotatable bonds is 2. The molecule has 112 valence electrons. The molecule has 0 unspecified atom stereocenters. The summed E-state index contributed by atoms with van der Waals surface area (Å²) in [6.45, 7) is 2.18. The highest BCUT2D eigenvalue weighted by Crippen LogP contribution is 2.32. The van der Waals surface area contributed by atoms with Crippen LogP contribution in [0.25, 0.3) is 21.5 Å². The fourth-order valence-corrected chi connectivity index (χ4v) is 3.23. The summed E-state index contributed by atoms with van der Waals surface area (Å²) in [4.78, 5) is 2.27. The van der Waals surface area contributed by atoms with Crippen LogP contribution in [-0.4, -0.2) is 7.05 Å². The maximum atomic E-state index is 2.28. The average Bonchev–Trinajstić information content (AvgIpc) is 2.60. The third-order valence-electron chi connectivity index (χ3n) is 4.55. The van der Waals surface area contributed by atoms with E-state index in [0.717, 1.165) is 0 Å². The van der Waals surface area contributed by atoms with Gasteiger partial charge >= 0.3 is 0 Å². The number of nitrogens with zero attached hydrogens (tertiary/aromatic N) is 1. The third-order valence-corrected chi connectivity index (χ3v) is 4.55. The summed E-state index contributed by atoms with van der Waals surface area (Å²) < 4.78 is 0. The predicted molar refractivity (Wildman–Crippen MR) is 101 cm³/mol. The Morgan fingerprint density at radius 3 is 1.87 bits per heavy atom. The standard InChI is InChI=1S/C22H19N/c1-16-13-18-8-5-6-10-20(18)15-22(16)23(2)21-12-11-17-7-3-4-9-19(17)14-21/h3-15H,1-2H3. The van der Waals surface area contributed by atoms with E-state index in [1.165, 1.54) is 38.5 Å². The molecule has 1 heteroatoms. The summed E-state index contributed by atoms with van der Waals surface area (Å²) >= 11 is 0. The predicted octanol–water partition coefficient (Wildman–Crippen LogP) is 6.07. The normalized spacial score (nSPS) is 11.0. The molecule has 0 aliphatic rings. The van der Waals surface area contributed by atoms with E-state index in [-0.39, 0.29) is 0 Å². The molecule has 0 aliphatic carbocycles. The summed E-state index contributed by atoms with van der Waals surface area (Å²) in [6.07, 6.45) is 0. The first kappa shape index (κ1) is 13.8. The summed E-state index contributed by atoms with van der Waals surface area (Å²) in [7, 11) is 2.14. The molecule has 0 bridgehead atoms. The Bertz CT molecular complexity index is 1000. The highest BCUT2D eigenvalue weighted by atomic mass is 15.1. The van der Waals surface area contributed by atoms with Crippen molar-refractivity contribution in [2.24, 2.45) is 0 Å². The van der Waals surface area contributed by atoms with Crippen molar-refractivity contribution in [1.82, 2.24) is 0 Å². The Morgan fingerprint density at radius 2 is 1.17 bits per heavy atom.